The molecular weight excluding hydrogens is 256 g/mol. The zero-order chi connectivity index (χ0) is 14.0. The number of hydrogen-bond acceptors (Lipinski definition) is 3. The summed E-state index contributed by atoms with van der Waals surface area (Å²) in [6.07, 6.45) is 0. The molecule has 0 heterocycles. The second kappa shape index (κ2) is 4.93. The van der Waals surface area contributed by atoms with Gasteiger partial charge in [0.05, 0.1) is 5.56 Å². The molecule has 0 fully saturated rings. The summed E-state index contributed by atoms with van der Waals surface area (Å²) in [5, 5.41) is 8.89. The quantitative estimate of drug-likeness (QED) is 0.836. The summed E-state index contributed by atoms with van der Waals surface area (Å²) in [6.45, 7) is 0. The van der Waals surface area contributed by atoms with E-state index >= 15 is 0 Å². The Morgan fingerprint density at radius 2 is 1.89 bits per heavy atom. The molecule has 2 aromatic rings. The van der Waals surface area contributed by atoms with Crippen molar-refractivity contribution in [2.75, 3.05) is 5.73 Å². The summed E-state index contributed by atoms with van der Waals surface area (Å²) >= 11 is 0. The maximum atomic E-state index is 13.4. The van der Waals surface area contributed by atoms with Crippen LogP contribution in [0.5, 0.6) is 11.5 Å². The molecule has 0 amide bonds. The predicted octanol–water partition coefficient (Wildman–Crippen LogP) is 3.04. The monoisotopic (exact) mass is 265 g/mol. The van der Waals surface area contributed by atoms with Gasteiger partial charge in [0.15, 0.2) is 11.6 Å². The number of nitrogen functional groups attached to an aromatic ring is 1. The SMILES string of the molecule is Nc1ccc(Oc2ccc(F)cc2F)cc1C(=O)O. The molecule has 0 atom stereocenters. The van der Waals surface area contributed by atoms with Crippen molar-refractivity contribution in [1.29, 1.82) is 0 Å². The molecule has 0 aliphatic carbocycles. The summed E-state index contributed by atoms with van der Waals surface area (Å²) in [7, 11) is 0. The van der Waals surface area contributed by atoms with Crippen LogP contribution in [0.1, 0.15) is 10.4 Å². The molecule has 4 nitrogen and oxygen atoms in total. The summed E-state index contributed by atoms with van der Waals surface area (Å²) in [6, 6.07) is 6.71. The Hall–Kier alpha value is -2.63. The normalized spacial score (nSPS) is 10.2. The predicted molar refractivity (Wildman–Crippen MR) is 64.2 cm³/mol. The van der Waals surface area contributed by atoms with Gasteiger partial charge in [0, 0.05) is 11.8 Å². The number of rotatable bonds is 3. The Bertz CT molecular complexity index is 644. The van der Waals surface area contributed by atoms with Gasteiger partial charge in [-0.1, -0.05) is 0 Å². The van der Waals surface area contributed by atoms with E-state index in [1.807, 2.05) is 0 Å². The molecule has 0 radical (unpaired) electrons. The highest BCUT2D eigenvalue weighted by Crippen LogP contribution is 2.27. The molecule has 0 aliphatic heterocycles. The second-order valence-corrected chi connectivity index (χ2v) is 3.73. The molecule has 6 heteroatoms. The van der Waals surface area contributed by atoms with Crippen LogP contribution < -0.4 is 10.5 Å². The molecule has 19 heavy (non-hydrogen) atoms. The number of carboxylic acids is 1. The van der Waals surface area contributed by atoms with E-state index in [2.05, 4.69) is 0 Å². The van der Waals surface area contributed by atoms with Gasteiger partial charge in [-0.25, -0.2) is 13.6 Å². The van der Waals surface area contributed by atoms with Crippen LogP contribution in [0.25, 0.3) is 0 Å². The average molecular weight is 265 g/mol. The van der Waals surface area contributed by atoms with Crippen molar-refractivity contribution in [2.45, 2.75) is 0 Å². The maximum Gasteiger partial charge on any atom is 0.337 e. The third-order valence-corrected chi connectivity index (χ3v) is 2.38. The lowest BCUT2D eigenvalue weighted by Gasteiger charge is -2.08. The van der Waals surface area contributed by atoms with Gasteiger partial charge in [0.25, 0.3) is 0 Å². The van der Waals surface area contributed by atoms with E-state index < -0.39 is 17.6 Å². The van der Waals surface area contributed by atoms with Crippen molar-refractivity contribution < 1.29 is 23.4 Å². The minimum absolute atomic E-state index is 0.0689. The largest absolute Gasteiger partial charge is 0.478 e. The van der Waals surface area contributed by atoms with Crippen LogP contribution >= 0.6 is 0 Å². The fourth-order valence-corrected chi connectivity index (χ4v) is 1.47. The fraction of sp³-hybridized carbons (Fsp3) is 0. The number of nitrogens with two attached hydrogens (primary N) is 1. The average Bonchev–Trinajstić information content (AvgIpc) is 2.34. The van der Waals surface area contributed by atoms with Crippen LogP contribution in [0.15, 0.2) is 36.4 Å². The number of aromatic carboxylic acids is 1. The van der Waals surface area contributed by atoms with E-state index in [1.165, 1.54) is 18.2 Å². The Morgan fingerprint density at radius 1 is 1.16 bits per heavy atom. The molecule has 3 N–H and O–H groups in total. The topological polar surface area (TPSA) is 72.5 Å². The summed E-state index contributed by atoms with van der Waals surface area (Å²) in [5.74, 6) is -2.94. The van der Waals surface area contributed by atoms with Crippen molar-refractivity contribution in [1.82, 2.24) is 0 Å². The fourth-order valence-electron chi connectivity index (χ4n) is 1.47. The Labute approximate surface area is 107 Å². The number of carboxylic acid groups (broad SMARTS) is 1. The van der Waals surface area contributed by atoms with Crippen LogP contribution in [0.2, 0.25) is 0 Å². The molecule has 0 aliphatic rings. The number of ether oxygens (including phenoxy) is 1. The van der Waals surface area contributed by atoms with E-state index in [1.54, 1.807) is 0 Å². The minimum Gasteiger partial charge on any atom is -0.478 e. The Morgan fingerprint density at radius 3 is 2.53 bits per heavy atom. The first kappa shape index (κ1) is 12.8. The molecule has 0 saturated carbocycles. The van der Waals surface area contributed by atoms with Crippen LogP contribution in [-0.2, 0) is 0 Å². The first-order valence-corrected chi connectivity index (χ1v) is 5.23. The number of anilines is 1. The van der Waals surface area contributed by atoms with Crippen molar-refractivity contribution in [3.8, 4) is 11.5 Å². The maximum absolute atomic E-state index is 13.4. The highest BCUT2D eigenvalue weighted by Gasteiger charge is 2.11. The molecule has 98 valence electrons. The van der Waals surface area contributed by atoms with Gasteiger partial charge in [0.2, 0.25) is 0 Å². The molecular formula is C13H9F2NO3. The van der Waals surface area contributed by atoms with E-state index in [9.17, 15) is 13.6 Å². The number of benzene rings is 2. The second-order valence-electron chi connectivity index (χ2n) is 3.73. The molecule has 0 aromatic heterocycles. The van der Waals surface area contributed by atoms with Crippen molar-refractivity contribution in [2.24, 2.45) is 0 Å². The van der Waals surface area contributed by atoms with Gasteiger partial charge in [-0.05, 0) is 30.3 Å². The third-order valence-electron chi connectivity index (χ3n) is 2.38. The van der Waals surface area contributed by atoms with E-state index in [4.69, 9.17) is 15.6 Å². The van der Waals surface area contributed by atoms with Crippen LogP contribution in [0.3, 0.4) is 0 Å². The lowest BCUT2D eigenvalue weighted by Crippen LogP contribution is -2.02. The lowest BCUT2D eigenvalue weighted by atomic mass is 10.2. The van der Waals surface area contributed by atoms with E-state index in [0.717, 1.165) is 12.1 Å². The molecule has 2 aromatic carbocycles. The first-order chi connectivity index (χ1) is 8.97. The number of halogens is 2. The van der Waals surface area contributed by atoms with E-state index in [0.29, 0.717) is 6.07 Å². The zero-order valence-electron chi connectivity index (χ0n) is 9.56. The summed E-state index contributed by atoms with van der Waals surface area (Å²) in [4.78, 5) is 10.9. The molecule has 0 spiro atoms. The highest BCUT2D eigenvalue weighted by atomic mass is 19.1. The molecule has 0 bridgehead atoms. The van der Waals surface area contributed by atoms with Crippen LogP contribution in [-0.4, -0.2) is 11.1 Å². The molecule has 0 unspecified atom stereocenters. The Balaban J connectivity index is 2.33. The van der Waals surface area contributed by atoms with Gasteiger partial charge in [0.1, 0.15) is 11.6 Å². The summed E-state index contributed by atoms with van der Waals surface area (Å²) in [5.41, 5.74) is 5.39. The van der Waals surface area contributed by atoms with Crippen LogP contribution in [0.4, 0.5) is 14.5 Å². The zero-order valence-corrected chi connectivity index (χ0v) is 9.56. The highest BCUT2D eigenvalue weighted by molar-refractivity contribution is 5.94. The van der Waals surface area contributed by atoms with Gasteiger partial charge >= 0.3 is 5.97 Å². The van der Waals surface area contributed by atoms with Gasteiger partial charge in [-0.2, -0.15) is 0 Å². The summed E-state index contributed by atoms with van der Waals surface area (Å²) < 4.78 is 31.2. The lowest BCUT2D eigenvalue weighted by molar-refractivity contribution is 0.0697. The minimum atomic E-state index is -1.22. The molecule has 0 saturated heterocycles. The van der Waals surface area contributed by atoms with Gasteiger partial charge in [-0.3, -0.25) is 0 Å². The van der Waals surface area contributed by atoms with E-state index in [-0.39, 0.29) is 22.7 Å². The number of hydrogen-bond donors (Lipinski definition) is 2. The first-order valence-electron chi connectivity index (χ1n) is 5.23. The Kier molecular flexibility index (Phi) is 3.33. The molecule has 2 rings (SSSR count). The number of carbonyl (C=O) groups is 1. The van der Waals surface area contributed by atoms with Gasteiger partial charge in [-0.15, -0.1) is 0 Å². The van der Waals surface area contributed by atoms with Crippen molar-refractivity contribution >= 4 is 11.7 Å². The smallest absolute Gasteiger partial charge is 0.337 e. The van der Waals surface area contributed by atoms with Crippen LogP contribution in [0, 0.1) is 11.6 Å². The van der Waals surface area contributed by atoms with Gasteiger partial charge < -0.3 is 15.6 Å². The van der Waals surface area contributed by atoms with Crippen molar-refractivity contribution in [3.63, 3.8) is 0 Å². The standard InChI is InChI=1S/C13H9F2NO3/c14-7-1-4-12(10(15)5-7)19-8-2-3-11(16)9(6-8)13(17)18/h1-6H,16H2,(H,17,18). The van der Waals surface area contributed by atoms with Crippen molar-refractivity contribution in [3.05, 3.63) is 53.6 Å². The third kappa shape index (κ3) is 2.79.